The molecule has 0 unspecified atom stereocenters. The molecule has 0 aliphatic heterocycles. The maximum Gasteiger partial charge on any atom is 0.292 e. The van der Waals surface area contributed by atoms with Gasteiger partial charge in [0.05, 0.1) is 41.6 Å². The maximum atomic E-state index is 13.4. The first-order chi connectivity index (χ1) is 18.0. The number of nitrogens with one attached hydrogen (secondary N) is 1. The van der Waals surface area contributed by atoms with E-state index in [1.807, 2.05) is 56.5 Å². The smallest absolute Gasteiger partial charge is 0.292 e. The predicted octanol–water partition coefficient (Wildman–Crippen LogP) is 4.94. The zero-order chi connectivity index (χ0) is 26.4. The van der Waals surface area contributed by atoms with Gasteiger partial charge in [-0.1, -0.05) is 12.1 Å². The molecule has 0 bridgehead atoms. The van der Waals surface area contributed by atoms with Crippen molar-refractivity contribution < 1.29 is 13.8 Å². The van der Waals surface area contributed by atoms with Crippen molar-refractivity contribution in [1.29, 1.82) is 5.26 Å². The number of anilines is 1. The Balaban J connectivity index is 1.60. The SMILES string of the molecule is CCOP(OCC)c1ccc(CCn2c(C(=O)Nc3cc(C)nn3CC)nc3cc(C#N)ccc32)cc1. The van der Waals surface area contributed by atoms with E-state index in [1.54, 1.807) is 16.8 Å². The fraction of sp³-hybridized carbons (Fsp3) is 0.333. The fourth-order valence-corrected chi connectivity index (χ4v) is 5.34. The Kier molecular flexibility index (Phi) is 8.67. The zero-order valence-corrected chi connectivity index (χ0v) is 22.5. The first kappa shape index (κ1) is 26.5. The number of imidazole rings is 1. The highest BCUT2D eigenvalue weighted by atomic mass is 31.2. The molecule has 0 spiro atoms. The van der Waals surface area contributed by atoms with Gasteiger partial charge in [-0.15, -0.1) is 0 Å². The van der Waals surface area contributed by atoms with Crippen molar-refractivity contribution in [3.05, 3.63) is 71.2 Å². The van der Waals surface area contributed by atoms with Gasteiger partial charge in [-0.2, -0.15) is 10.4 Å². The molecule has 37 heavy (non-hydrogen) atoms. The van der Waals surface area contributed by atoms with E-state index < -0.39 is 8.38 Å². The summed E-state index contributed by atoms with van der Waals surface area (Å²) in [6, 6.07) is 17.5. The van der Waals surface area contributed by atoms with Crippen molar-refractivity contribution in [2.45, 2.75) is 47.2 Å². The van der Waals surface area contributed by atoms with Gasteiger partial charge in [-0.3, -0.25) is 4.79 Å². The molecule has 2 aromatic carbocycles. The van der Waals surface area contributed by atoms with E-state index in [0.29, 0.717) is 55.4 Å². The Hall–Kier alpha value is -3.57. The molecule has 2 aromatic heterocycles. The molecule has 0 radical (unpaired) electrons. The third-order valence-electron chi connectivity index (χ3n) is 5.79. The Morgan fingerprint density at radius 2 is 1.81 bits per heavy atom. The molecular weight excluding hydrogens is 487 g/mol. The summed E-state index contributed by atoms with van der Waals surface area (Å²) in [6.07, 6.45) is 0.694. The van der Waals surface area contributed by atoms with Crippen molar-refractivity contribution >= 4 is 36.4 Å². The Morgan fingerprint density at radius 1 is 1.08 bits per heavy atom. The molecule has 0 atom stereocenters. The Bertz CT molecular complexity index is 1410. The average molecular weight is 519 g/mol. The number of rotatable bonds is 11. The molecule has 9 nitrogen and oxygen atoms in total. The Labute approximate surface area is 217 Å². The summed E-state index contributed by atoms with van der Waals surface area (Å²) in [7, 11) is -1.08. The van der Waals surface area contributed by atoms with Crippen LogP contribution in [0.1, 0.15) is 48.2 Å². The van der Waals surface area contributed by atoms with Crippen molar-refractivity contribution in [2.24, 2.45) is 0 Å². The molecule has 0 aliphatic carbocycles. The lowest BCUT2D eigenvalue weighted by atomic mass is 10.1. The molecule has 10 heteroatoms. The number of carbonyl (C=O) groups excluding carboxylic acids is 1. The van der Waals surface area contributed by atoms with Gasteiger partial charge in [-0.25, -0.2) is 9.67 Å². The van der Waals surface area contributed by atoms with E-state index >= 15 is 0 Å². The van der Waals surface area contributed by atoms with Crippen LogP contribution in [0.4, 0.5) is 5.82 Å². The van der Waals surface area contributed by atoms with Crippen LogP contribution in [0.5, 0.6) is 0 Å². The number of fused-ring (bicyclic) bond motifs is 1. The lowest BCUT2D eigenvalue weighted by Crippen LogP contribution is -2.21. The van der Waals surface area contributed by atoms with Crippen molar-refractivity contribution in [3.63, 3.8) is 0 Å². The average Bonchev–Trinajstić information content (AvgIpc) is 3.46. The van der Waals surface area contributed by atoms with Crippen LogP contribution < -0.4 is 10.6 Å². The molecular formula is C27H31N6O3P. The maximum absolute atomic E-state index is 13.4. The summed E-state index contributed by atoms with van der Waals surface area (Å²) in [5.41, 5.74) is 3.86. The quantitative estimate of drug-likeness (QED) is 0.282. The van der Waals surface area contributed by atoms with Crippen molar-refractivity contribution in [3.8, 4) is 6.07 Å². The van der Waals surface area contributed by atoms with Gasteiger partial charge < -0.3 is 18.9 Å². The fourth-order valence-electron chi connectivity index (χ4n) is 4.10. The van der Waals surface area contributed by atoms with Crippen LogP contribution in [0.25, 0.3) is 11.0 Å². The molecule has 4 aromatic rings. The van der Waals surface area contributed by atoms with Crippen LogP contribution in [0.15, 0.2) is 48.5 Å². The summed E-state index contributed by atoms with van der Waals surface area (Å²) in [6.45, 7) is 10.1. The molecule has 0 aliphatic rings. The summed E-state index contributed by atoms with van der Waals surface area (Å²) in [4.78, 5) is 18.0. The van der Waals surface area contributed by atoms with Gasteiger partial charge >= 0.3 is 0 Å². The number of amides is 1. The van der Waals surface area contributed by atoms with Crippen LogP contribution in [-0.4, -0.2) is 38.5 Å². The highest BCUT2D eigenvalue weighted by molar-refractivity contribution is 7.56. The van der Waals surface area contributed by atoms with Crippen LogP contribution in [0.2, 0.25) is 0 Å². The first-order valence-electron chi connectivity index (χ1n) is 12.4. The highest BCUT2D eigenvalue weighted by Gasteiger charge is 2.20. The minimum Gasteiger partial charge on any atom is -0.331 e. The number of hydrogen-bond acceptors (Lipinski definition) is 6. The summed E-state index contributed by atoms with van der Waals surface area (Å²) in [5.74, 6) is 0.593. The number of aromatic nitrogens is 4. The lowest BCUT2D eigenvalue weighted by Gasteiger charge is -2.16. The standard InChI is InChI=1S/C27H31N6O3P/c1-5-33-25(16-19(4)31-33)30-27(34)26-29-23-17-21(18-28)10-13-24(23)32(26)15-14-20-8-11-22(12-9-20)37(35-6-2)36-7-3/h8-13,16-17H,5-7,14-15H2,1-4H3,(H,30,34). The highest BCUT2D eigenvalue weighted by Crippen LogP contribution is 2.36. The third-order valence-corrected chi connectivity index (χ3v) is 7.49. The van der Waals surface area contributed by atoms with Crippen LogP contribution >= 0.6 is 8.38 Å². The van der Waals surface area contributed by atoms with Crippen LogP contribution in [0.3, 0.4) is 0 Å². The van der Waals surface area contributed by atoms with E-state index in [9.17, 15) is 10.1 Å². The van der Waals surface area contributed by atoms with Crippen LogP contribution in [-0.2, 0) is 28.6 Å². The molecule has 0 saturated heterocycles. The van der Waals surface area contributed by atoms with E-state index in [4.69, 9.17) is 9.05 Å². The van der Waals surface area contributed by atoms with Gasteiger partial charge in [0, 0.05) is 24.5 Å². The summed E-state index contributed by atoms with van der Waals surface area (Å²) in [5, 5.41) is 17.7. The molecule has 0 fully saturated rings. The Morgan fingerprint density at radius 3 is 2.46 bits per heavy atom. The minimum atomic E-state index is -1.08. The third kappa shape index (κ3) is 6.05. The lowest BCUT2D eigenvalue weighted by molar-refractivity contribution is 0.101. The summed E-state index contributed by atoms with van der Waals surface area (Å²) < 4.78 is 15.2. The molecule has 1 N–H and O–H groups in total. The monoisotopic (exact) mass is 518 g/mol. The first-order valence-corrected chi connectivity index (χ1v) is 13.6. The topological polar surface area (TPSA) is 107 Å². The van der Waals surface area contributed by atoms with Gasteiger partial charge in [-0.05, 0) is 70.0 Å². The van der Waals surface area contributed by atoms with Crippen molar-refractivity contribution in [2.75, 3.05) is 18.5 Å². The minimum absolute atomic E-state index is 0.291. The molecule has 4 rings (SSSR count). The zero-order valence-electron chi connectivity index (χ0n) is 21.6. The number of carbonyl (C=O) groups is 1. The van der Waals surface area contributed by atoms with Gasteiger partial charge in [0.1, 0.15) is 5.82 Å². The summed E-state index contributed by atoms with van der Waals surface area (Å²) >= 11 is 0. The van der Waals surface area contributed by atoms with E-state index in [-0.39, 0.29) is 5.91 Å². The number of hydrogen-bond donors (Lipinski definition) is 1. The van der Waals surface area contributed by atoms with E-state index in [2.05, 4.69) is 33.6 Å². The number of aryl methyl sites for hydroxylation is 4. The second-order valence-electron chi connectivity index (χ2n) is 8.35. The van der Waals surface area contributed by atoms with E-state index in [1.165, 1.54) is 0 Å². The molecule has 2 heterocycles. The van der Waals surface area contributed by atoms with E-state index in [0.717, 1.165) is 22.1 Å². The largest absolute Gasteiger partial charge is 0.331 e. The second-order valence-corrected chi connectivity index (χ2v) is 9.90. The van der Waals surface area contributed by atoms with Gasteiger partial charge in [0.15, 0.2) is 5.82 Å². The number of nitrogens with zero attached hydrogens (tertiary/aromatic N) is 5. The number of nitriles is 1. The van der Waals surface area contributed by atoms with Gasteiger partial charge in [0.25, 0.3) is 5.91 Å². The molecule has 192 valence electrons. The predicted molar refractivity (Wildman–Crippen MR) is 145 cm³/mol. The molecule has 0 saturated carbocycles. The molecule has 1 amide bonds. The van der Waals surface area contributed by atoms with Crippen LogP contribution in [0, 0.1) is 18.3 Å². The van der Waals surface area contributed by atoms with Crippen molar-refractivity contribution in [1.82, 2.24) is 19.3 Å². The normalized spacial score (nSPS) is 11.2. The van der Waals surface area contributed by atoms with Gasteiger partial charge in [0.2, 0.25) is 8.38 Å². The number of benzene rings is 2. The second kappa shape index (κ2) is 12.1.